The first-order valence-corrected chi connectivity index (χ1v) is 8.21. The second-order valence-electron chi connectivity index (χ2n) is 5.11. The number of rotatable bonds is 4. The van der Waals surface area contributed by atoms with Gasteiger partial charge in [0.1, 0.15) is 5.82 Å². The molecule has 0 spiro atoms. The van der Waals surface area contributed by atoms with E-state index in [1.807, 2.05) is 4.72 Å². The molecule has 0 aliphatic rings. The lowest BCUT2D eigenvalue weighted by Crippen LogP contribution is -2.20. The van der Waals surface area contributed by atoms with Crippen LogP contribution in [0.5, 0.6) is 0 Å². The van der Waals surface area contributed by atoms with E-state index in [2.05, 4.69) is 0 Å². The van der Waals surface area contributed by atoms with E-state index in [1.54, 1.807) is 0 Å². The number of carbonyl (C=O) groups excluding carboxylic acids is 1. The number of hydrogen-bond acceptors (Lipinski definition) is 3. The van der Waals surface area contributed by atoms with Gasteiger partial charge in [0, 0.05) is 0 Å². The Morgan fingerprint density at radius 1 is 1.16 bits per heavy atom. The first-order valence-electron chi connectivity index (χ1n) is 6.72. The number of amides is 1. The van der Waals surface area contributed by atoms with Crippen molar-refractivity contribution in [1.29, 1.82) is 0 Å². The molecule has 0 atom stereocenters. The van der Waals surface area contributed by atoms with Gasteiger partial charge in [0.25, 0.3) is 15.9 Å². The standard InChI is InChI=1S/C15H12F4N2O3S/c1-8-3-2-4-10(14(20)22)13(8)21-25(23,24)9-5-6-12(16)11(7-9)15(17,18)19/h2-7,21H,1H3,(H2,20,22). The minimum Gasteiger partial charge on any atom is -0.366 e. The second-order valence-corrected chi connectivity index (χ2v) is 6.79. The van der Waals surface area contributed by atoms with Gasteiger partial charge in [0.05, 0.1) is 21.7 Å². The van der Waals surface area contributed by atoms with Crippen LogP contribution in [0, 0.1) is 12.7 Å². The average molecular weight is 376 g/mol. The van der Waals surface area contributed by atoms with Crippen molar-refractivity contribution in [3.05, 3.63) is 58.9 Å². The molecule has 1 amide bonds. The largest absolute Gasteiger partial charge is 0.419 e. The first kappa shape index (κ1) is 18.7. The zero-order chi connectivity index (χ0) is 19.0. The lowest BCUT2D eigenvalue weighted by Gasteiger charge is -2.15. The molecule has 2 aromatic rings. The minimum atomic E-state index is -5.06. The number of para-hydroxylation sites is 1. The molecular weight excluding hydrogens is 364 g/mol. The number of alkyl halides is 3. The van der Waals surface area contributed by atoms with Crippen molar-refractivity contribution in [2.45, 2.75) is 18.0 Å². The van der Waals surface area contributed by atoms with E-state index in [0.29, 0.717) is 17.7 Å². The number of nitrogens with two attached hydrogens (primary N) is 1. The van der Waals surface area contributed by atoms with Gasteiger partial charge in [-0.2, -0.15) is 13.2 Å². The summed E-state index contributed by atoms with van der Waals surface area (Å²) in [7, 11) is -4.52. The third-order valence-corrected chi connectivity index (χ3v) is 4.68. The molecule has 25 heavy (non-hydrogen) atoms. The molecule has 134 valence electrons. The molecule has 0 aliphatic carbocycles. The maximum atomic E-state index is 13.3. The van der Waals surface area contributed by atoms with Crippen LogP contribution in [0.15, 0.2) is 41.3 Å². The fourth-order valence-corrected chi connectivity index (χ4v) is 3.27. The SMILES string of the molecule is Cc1cccc(C(N)=O)c1NS(=O)(=O)c1ccc(F)c(C(F)(F)F)c1. The molecule has 2 aromatic carbocycles. The van der Waals surface area contributed by atoms with Crippen LogP contribution < -0.4 is 10.5 Å². The number of anilines is 1. The molecule has 0 heterocycles. The van der Waals surface area contributed by atoms with Crippen molar-refractivity contribution in [2.75, 3.05) is 4.72 Å². The van der Waals surface area contributed by atoms with Gasteiger partial charge in [-0.1, -0.05) is 12.1 Å². The zero-order valence-corrected chi connectivity index (χ0v) is 13.5. The van der Waals surface area contributed by atoms with Crippen LogP contribution in [0.2, 0.25) is 0 Å². The minimum absolute atomic E-state index is 0.151. The molecule has 0 fully saturated rings. The topological polar surface area (TPSA) is 89.3 Å². The van der Waals surface area contributed by atoms with Crippen LogP contribution in [0.1, 0.15) is 21.5 Å². The first-order chi connectivity index (χ1) is 11.4. The third-order valence-electron chi connectivity index (χ3n) is 3.33. The molecule has 10 heteroatoms. The predicted octanol–water partition coefficient (Wildman–Crippen LogP) is 3.05. The van der Waals surface area contributed by atoms with Crippen molar-refractivity contribution in [1.82, 2.24) is 0 Å². The van der Waals surface area contributed by atoms with E-state index < -0.39 is 38.4 Å². The summed E-state index contributed by atoms with van der Waals surface area (Å²) in [5.74, 6) is -2.52. The van der Waals surface area contributed by atoms with Crippen molar-refractivity contribution in [3.63, 3.8) is 0 Å². The van der Waals surface area contributed by atoms with Gasteiger partial charge in [-0.25, -0.2) is 12.8 Å². The van der Waals surface area contributed by atoms with Crippen LogP contribution in [0.4, 0.5) is 23.2 Å². The van der Waals surface area contributed by atoms with Gasteiger partial charge in [-0.3, -0.25) is 9.52 Å². The summed E-state index contributed by atoms with van der Waals surface area (Å²) in [5.41, 5.74) is 3.48. The summed E-state index contributed by atoms with van der Waals surface area (Å²) < 4.78 is 78.4. The quantitative estimate of drug-likeness (QED) is 0.804. The van der Waals surface area contributed by atoms with Crippen LogP contribution in [-0.2, 0) is 16.2 Å². The Morgan fingerprint density at radius 2 is 1.80 bits per heavy atom. The number of sulfonamides is 1. The summed E-state index contributed by atoms with van der Waals surface area (Å²) >= 11 is 0. The van der Waals surface area contributed by atoms with E-state index >= 15 is 0 Å². The molecule has 3 N–H and O–H groups in total. The Balaban J connectivity index is 2.54. The highest BCUT2D eigenvalue weighted by Crippen LogP contribution is 2.33. The number of primary amides is 1. The van der Waals surface area contributed by atoms with Crippen LogP contribution in [0.3, 0.4) is 0 Å². The fraction of sp³-hybridized carbons (Fsp3) is 0.133. The van der Waals surface area contributed by atoms with E-state index in [0.717, 1.165) is 0 Å². The summed E-state index contributed by atoms with van der Waals surface area (Å²) in [6, 6.07) is 5.49. The van der Waals surface area contributed by atoms with E-state index in [-0.39, 0.29) is 17.3 Å². The van der Waals surface area contributed by atoms with Gasteiger partial charge in [-0.15, -0.1) is 0 Å². The van der Waals surface area contributed by atoms with Crippen LogP contribution in [0.25, 0.3) is 0 Å². The Bertz CT molecular complexity index is 940. The summed E-state index contributed by atoms with van der Waals surface area (Å²) in [6.45, 7) is 1.48. The molecule has 5 nitrogen and oxygen atoms in total. The molecular formula is C15H12F4N2O3S. The average Bonchev–Trinajstić information content (AvgIpc) is 2.48. The molecule has 0 unspecified atom stereocenters. The molecule has 2 rings (SSSR count). The number of benzene rings is 2. The molecule has 0 saturated carbocycles. The smallest absolute Gasteiger partial charge is 0.366 e. The normalized spacial score (nSPS) is 12.0. The van der Waals surface area contributed by atoms with E-state index in [4.69, 9.17) is 5.73 Å². The molecule has 0 aromatic heterocycles. The Morgan fingerprint density at radius 3 is 2.36 bits per heavy atom. The van der Waals surface area contributed by atoms with Crippen molar-refractivity contribution in [3.8, 4) is 0 Å². The molecule has 0 saturated heterocycles. The number of nitrogens with one attached hydrogen (secondary N) is 1. The highest BCUT2D eigenvalue weighted by Gasteiger charge is 2.35. The fourth-order valence-electron chi connectivity index (χ4n) is 2.09. The molecule has 0 bridgehead atoms. The number of hydrogen-bond donors (Lipinski definition) is 2. The zero-order valence-electron chi connectivity index (χ0n) is 12.7. The summed E-state index contributed by atoms with van der Waals surface area (Å²) in [4.78, 5) is 10.6. The summed E-state index contributed by atoms with van der Waals surface area (Å²) in [6.07, 6.45) is -5.06. The van der Waals surface area contributed by atoms with Crippen LogP contribution >= 0.6 is 0 Å². The molecule has 0 radical (unpaired) electrons. The van der Waals surface area contributed by atoms with E-state index in [1.165, 1.54) is 25.1 Å². The van der Waals surface area contributed by atoms with Gasteiger partial charge >= 0.3 is 6.18 Å². The Kier molecular flexibility index (Phi) is 4.76. The lowest BCUT2D eigenvalue weighted by atomic mass is 10.1. The van der Waals surface area contributed by atoms with Gasteiger partial charge in [0.15, 0.2) is 0 Å². The highest BCUT2D eigenvalue weighted by molar-refractivity contribution is 7.92. The van der Waals surface area contributed by atoms with Crippen molar-refractivity contribution < 1.29 is 30.8 Å². The highest BCUT2D eigenvalue weighted by atomic mass is 32.2. The lowest BCUT2D eigenvalue weighted by molar-refractivity contribution is -0.140. The second kappa shape index (κ2) is 6.36. The van der Waals surface area contributed by atoms with Gasteiger partial charge < -0.3 is 5.73 Å². The number of halogens is 4. The third kappa shape index (κ3) is 3.90. The van der Waals surface area contributed by atoms with Gasteiger partial charge in [-0.05, 0) is 36.8 Å². The number of carbonyl (C=O) groups is 1. The van der Waals surface area contributed by atoms with E-state index in [9.17, 15) is 30.8 Å². The Hall–Kier alpha value is -2.62. The predicted molar refractivity (Wildman–Crippen MR) is 81.9 cm³/mol. The van der Waals surface area contributed by atoms with Gasteiger partial charge in [0.2, 0.25) is 0 Å². The number of aryl methyl sites for hydroxylation is 1. The molecule has 0 aliphatic heterocycles. The maximum Gasteiger partial charge on any atom is 0.419 e. The Labute approximate surface area is 140 Å². The van der Waals surface area contributed by atoms with Crippen molar-refractivity contribution in [2.24, 2.45) is 5.73 Å². The monoisotopic (exact) mass is 376 g/mol. The van der Waals surface area contributed by atoms with Crippen molar-refractivity contribution >= 4 is 21.6 Å². The summed E-state index contributed by atoms with van der Waals surface area (Å²) in [5, 5.41) is 0. The van der Waals surface area contributed by atoms with Crippen LogP contribution in [-0.4, -0.2) is 14.3 Å². The maximum absolute atomic E-state index is 13.3.